The fourth-order valence-corrected chi connectivity index (χ4v) is 2.55. The zero-order valence-electron chi connectivity index (χ0n) is 13.7. The number of aromatic nitrogens is 1. The summed E-state index contributed by atoms with van der Waals surface area (Å²) in [7, 11) is 0. The van der Waals surface area contributed by atoms with Gasteiger partial charge < -0.3 is 0 Å². The fourth-order valence-electron chi connectivity index (χ4n) is 2.55. The highest BCUT2D eigenvalue weighted by Gasteiger charge is 2.06. The lowest BCUT2D eigenvalue weighted by Gasteiger charge is -2.10. The minimum atomic E-state index is 0.959. The van der Waals surface area contributed by atoms with Crippen LogP contribution in [0.25, 0.3) is 16.5 Å². The highest BCUT2D eigenvalue weighted by molar-refractivity contribution is 5.85. The molecule has 0 spiro atoms. The second-order valence-electron chi connectivity index (χ2n) is 5.55. The number of para-hydroxylation sites is 1. The van der Waals surface area contributed by atoms with Gasteiger partial charge in [-0.3, -0.25) is 0 Å². The molecule has 0 saturated carbocycles. The first-order chi connectivity index (χ1) is 10.8. The minimum absolute atomic E-state index is 0.959. The van der Waals surface area contributed by atoms with Crippen LogP contribution in [-0.2, 0) is 6.42 Å². The van der Waals surface area contributed by atoms with Gasteiger partial charge in [-0.25, -0.2) is 4.98 Å². The van der Waals surface area contributed by atoms with Crippen molar-refractivity contribution in [1.82, 2.24) is 4.98 Å². The van der Waals surface area contributed by atoms with Crippen LogP contribution in [0.5, 0.6) is 0 Å². The van der Waals surface area contributed by atoms with Crippen molar-refractivity contribution >= 4 is 16.5 Å². The summed E-state index contributed by atoms with van der Waals surface area (Å²) in [6.45, 7) is 8.41. The van der Waals surface area contributed by atoms with Crippen molar-refractivity contribution in [3.63, 3.8) is 0 Å². The first kappa shape index (κ1) is 16.2. The van der Waals surface area contributed by atoms with E-state index in [-0.39, 0.29) is 0 Å². The Morgan fingerprint density at radius 2 is 2.00 bits per heavy atom. The number of hydrogen-bond acceptors (Lipinski definition) is 1. The van der Waals surface area contributed by atoms with Gasteiger partial charge in [0.05, 0.1) is 11.2 Å². The zero-order chi connectivity index (χ0) is 15.8. The number of nitrogens with zero attached hydrogens (tertiary/aromatic N) is 1. The lowest BCUT2D eigenvalue weighted by Crippen LogP contribution is -1.95. The first-order valence-corrected chi connectivity index (χ1v) is 8.13. The van der Waals surface area contributed by atoms with Crippen LogP contribution < -0.4 is 0 Å². The smallest absolute Gasteiger partial charge is 0.0712 e. The number of unbranched alkanes of at least 4 members (excludes halogenated alkanes) is 2. The predicted octanol–water partition coefficient (Wildman–Crippen LogP) is 6.11. The molecule has 0 fully saturated rings. The topological polar surface area (TPSA) is 12.9 Å². The molecule has 0 amide bonds. The lowest BCUT2D eigenvalue weighted by atomic mass is 10.00. The summed E-state index contributed by atoms with van der Waals surface area (Å²) in [5, 5.41) is 1.27. The summed E-state index contributed by atoms with van der Waals surface area (Å²) in [4.78, 5) is 4.77. The van der Waals surface area contributed by atoms with Gasteiger partial charge in [0.25, 0.3) is 0 Å². The number of hydrogen-bond donors (Lipinski definition) is 0. The Balaban J connectivity index is 2.36. The molecule has 1 nitrogen and oxygen atoms in total. The number of aryl methyl sites for hydroxylation is 1. The maximum atomic E-state index is 4.77. The maximum Gasteiger partial charge on any atom is 0.0712 e. The molecule has 0 aliphatic heterocycles. The third-order valence-electron chi connectivity index (χ3n) is 3.78. The van der Waals surface area contributed by atoms with Gasteiger partial charge in [-0.05, 0) is 43.0 Å². The SMILES string of the molecule is C=C(/C=C\C=C/C)c1cc(CCCCC)c2ccccc2n1. The van der Waals surface area contributed by atoms with Crippen LogP contribution in [0, 0.1) is 0 Å². The van der Waals surface area contributed by atoms with E-state index in [0.29, 0.717) is 0 Å². The minimum Gasteiger partial charge on any atom is -0.248 e. The molecule has 22 heavy (non-hydrogen) atoms. The molecule has 0 aliphatic carbocycles. The molecular weight excluding hydrogens is 266 g/mol. The lowest BCUT2D eigenvalue weighted by molar-refractivity contribution is 0.719. The first-order valence-electron chi connectivity index (χ1n) is 8.13. The molecule has 0 atom stereocenters. The van der Waals surface area contributed by atoms with Crippen molar-refractivity contribution in [3.8, 4) is 0 Å². The van der Waals surface area contributed by atoms with Crippen LogP contribution in [0.3, 0.4) is 0 Å². The van der Waals surface area contributed by atoms with E-state index in [2.05, 4.69) is 37.8 Å². The molecule has 0 saturated heterocycles. The van der Waals surface area contributed by atoms with E-state index < -0.39 is 0 Å². The molecule has 0 aliphatic rings. The van der Waals surface area contributed by atoms with Gasteiger partial charge in [0.2, 0.25) is 0 Å². The van der Waals surface area contributed by atoms with Gasteiger partial charge >= 0.3 is 0 Å². The van der Waals surface area contributed by atoms with E-state index in [1.54, 1.807) is 0 Å². The van der Waals surface area contributed by atoms with E-state index >= 15 is 0 Å². The van der Waals surface area contributed by atoms with Gasteiger partial charge in [0.15, 0.2) is 0 Å². The van der Waals surface area contributed by atoms with Crippen molar-refractivity contribution in [2.45, 2.75) is 39.5 Å². The number of pyridine rings is 1. The maximum absolute atomic E-state index is 4.77. The summed E-state index contributed by atoms with van der Waals surface area (Å²) < 4.78 is 0. The third-order valence-corrected chi connectivity index (χ3v) is 3.78. The van der Waals surface area contributed by atoms with Gasteiger partial charge in [-0.2, -0.15) is 0 Å². The quantitative estimate of drug-likeness (QED) is 0.443. The molecule has 114 valence electrons. The average molecular weight is 291 g/mol. The summed E-state index contributed by atoms with van der Waals surface area (Å²) in [5.74, 6) is 0. The Kier molecular flexibility index (Phi) is 6.14. The van der Waals surface area contributed by atoms with Gasteiger partial charge in [0.1, 0.15) is 0 Å². The summed E-state index contributed by atoms with van der Waals surface area (Å²) in [6.07, 6.45) is 12.9. The van der Waals surface area contributed by atoms with E-state index in [0.717, 1.165) is 23.2 Å². The molecule has 1 heterocycles. The van der Waals surface area contributed by atoms with Crippen LogP contribution in [-0.4, -0.2) is 4.98 Å². The molecule has 2 aromatic rings. The molecular formula is C21H25N. The summed E-state index contributed by atoms with van der Waals surface area (Å²) in [5.41, 5.74) is 4.38. The molecule has 0 bridgehead atoms. The van der Waals surface area contributed by atoms with E-state index in [1.807, 2.05) is 37.3 Å². The van der Waals surface area contributed by atoms with Crippen molar-refractivity contribution in [2.24, 2.45) is 0 Å². The summed E-state index contributed by atoms with van der Waals surface area (Å²) in [6, 6.07) is 10.6. The average Bonchev–Trinajstić information content (AvgIpc) is 2.55. The van der Waals surface area contributed by atoms with Crippen LogP contribution >= 0.6 is 0 Å². The Morgan fingerprint density at radius 1 is 1.18 bits per heavy atom. The second-order valence-corrected chi connectivity index (χ2v) is 5.55. The van der Waals surface area contributed by atoms with Crippen molar-refractivity contribution in [2.75, 3.05) is 0 Å². The third kappa shape index (κ3) is 4.17. The molecule has 2 rings (SSSR count). The predicted molar refractivity (Wildman–Crippen MR) is 98.0 cm³/mol. The van der Waals surface area contributed by atoms with Crippen molar-refractivity contribution in [1.29, 1.82) is 0 Å². The normalized spacial score (nSPS) is 11.7. The monoisotopic (exact) mass is 291 g/mol. The zero-order valence-corrected chi connectivity index (χ0v) is 13.7. The molecule has 1 aromatic heterocycles. The van der Waals surface area contributed by atoms with Crippen molar-refractivity contribution < 1.29 is 0 Å². The molecule has 1 aromatic carbocycles. The molecule has 1 heteroatoms. The second kappa shape index (κ2) is 8.33. The van der Waals surface area contributed by atoms with Crippen LogP contribution in [0.15, 0.2) is 61.2 Å². The summed E-state index contributed by atoms with van der Waals surface area (Å²) >= 11 is 0. The van der Waals surface area contributed by atoms with Crippen LogP contribution in [0.2, 0.25) is 0 Å². The van der Waals surface area contributed by atoms with Crippen LogP contribution in [0.4, 0.5) is 0 Å². The Labute approximate surface area is 134 Å². The largest absolute Gasteiger partial charge is 0.248 e. The van der Waals surface area contributed by atoms with Gasteiger partial charge in [-0.1, -0.05) is 68.8 Å². The Bertz CT molecular complexity index is 692. The number of fused-ring (bicyclic) bond motifs is 1. The Morgan fingerprint density at radius 3 is 2.77 bits per heavy atom. The molecule has 0 radical (unpaired) electrons. The fraction of sp³-hybridized carbons (Fsp3) is 0.286. The van der Waals surface area contributed by atoms with Gasteiger partial charge in [-0.15, -0.1) is 0 Å². The standard InChI is InChI=1S/C21H25N/c1-4-6-8-12-17(3)21-16-18(13-9-7-5-2)19-14-10-11-15-20(19)22-21/h4,6,8,10-12,14-16H,3,5,7,9,13H2,1-2H3/b6-4-,12-8-. The van der Waals surface area contributed by atoms with Gasteiger partial charge in [0, 0.05) is 5.39 Å². The Hall–Kier alpha value is -2.15. The van der Waals surface area contributed by atoms with Crippen molar-refractivity contribution in [3.05, 3.63) is 72.5 Å². The highest BCUT2D eigenvalue weighted by atomic mass is 14.7. The van der Waals surface area contributed by atoms with E-state index in [1.165, 1.54) is 30.2 Å². The number of benzene rings is 1. The highest BCUT2D eigenvalue weighted by Crippen LogP contribution is 2.23. The van der Waals surface area contributed by atoms with Crippen LogP contribution in [0.1, 0.15) is 44.4 Å². The molecule has 0 N–H and O–H groups in total. The molecule has 0 unspecified atom stereocenters. The van der Waals surface area contributed by atoms with E-state index in [4.69, 9.17) is 4.98 Å². The van der Waals surface area contributed by atoms with E-state index in [9.17, 15) is 0 Å². The number of rotatable bonds is 7. The number of allylic oxidation sites excluding steroid dienone is 5.